The van der Waals surface area contributed by atoms with Crippen LogP contribution in [0.3, 0.4) is 0 Å². The van der Waals surface area contributed by atoms with Gasteiger partial charge in [-0.25, -0.2) is 0 Å². The molecule has 0 spiro atoms. The van der Waals surface area contributed by atoms with Crippen molar-refractivity contribution in [1.82, 2.24) is 5.32 Å². The van der Waals surface area contributed by atoms with Crippen LogP contribution in [-0.4, -0.2) is 7.05 Å². The van der Waals surface area contributed by atoms with Gasteiger partial charge in [0, 0.05) is 5.54 Å². The first-order chi connectivity index (χ1) is 7.39. The van der Waals surface area contributed by atoms with Crippen molar-refractivity contribution in [3.05, 3.63) is 34.9 Å². The summed E-state index contributed by atoms with van der Waals surface area (Å²) >= 11 is 0. The Morgan fingerprint density at radius 3 is 2.31 bits per heavy atom. The molecule has 1 aliphatic rings. The maximum absolute atomic E-state index is 12.7. The SMILES string of the molecule is CNC1(c2ccc(C)c(C(F)(F)F)c2)CC1. The zero-order valence-electron chi connectivity index (χ0n) is 9.28. The summed E-state index contributed by atoms with van der Waals surface area (Å²) in [6.45, 7) is 1.49. The molecule has 0 amide bonds. The van der Waals surface area contributed by atoms with Crippen molar-refractivity contribution in [2.75, 3.05) is 7.05 Å². The summed E-state index contributed by atoms with van der Waals surface area (Å²) in [6, 6.07) is 4.61. The average molecular weight is 229 g/mol. The molecule has 0 aromatic heterocycles. The minimum Gasteiger partial charge on any atom is -0.310 e. The molecule has 0 aliphatic heterocycles. The third-order valence-electron chi connectivity index (χ3n) is 3.32. The molecule has 4 heteroatoms. The van der Waals surface area contributed by atoms with Gasteiger partial charge < -0.3 is 5.32 Å². The van der Waals surface area contributed by atoms with Crippen molar-refractivity contribution in [2.24, 2.45) is 0 Å². The van der Waals surface area contributed by atoms with Crippen LogP contribution in [0.5, 0.6) is 0 Å². The van der Waals surface area contributed by atoms with Crippen molar-refractivity contribution in [3.63, 3.8) is 0 Å². The van der Waals surface area contributed by atoms with E-state index in [-0.39, 0.29) is 11.1 Å². The van der Waals surface area contributed by atoms with Crippen LogP contribution >= 0.6 is 0 Å². The lowest BCUT2D eigenvalue weighted by Crippen LogP contribution is -2.25. The minimum atomic E-state index is -4.26. The molecule has 1 N–H and O–H groups in total. The van der Waals surface area contributed by atoms with E-state index in [1.807, 2.05) is 0 Å². The number of benzene rings is 1. The molecule has 0 heterocycles. The number of halogens is 3. The summed E-state index contributed by atoms with van der Waals surface area (Å²) in [5, 5.41) is 3.10. The van der Waals surface area contributed by atoms with Gasteiger partial charge in [-0.15, -0.1) is 0 Å². The van der Waals surface area contributed by atoms with Gasteiger partial charge in [-0.05, 0) is 44.0 Å². The van der Waals surface area contributed by atoms with Gasteiger partial charge in [-0.1, -0.05) is 12.1 Å². The molecule has 1 aliphatic carbocycles. The van der Waals surface area contributed by atoms with Gasteiger partial charge in [-0.3, -0.25) is 0 Å². The first kappa shape index (κ1) is 11.5. The number of hydrogen-bond acceptors (Lipinski definition) is 1. The standard InChI is InChI=1S/C12H14F3N/c1-8-3-4-9(11(16-2)5-6-11)7-10(8)12(13,14)15/h3-4,7,16H,5-6H2,1-2H3. The fraction of sp³-hybridized carbons (Fsp3) is 0.500. The Balaban J connectivity index is 2.44. The molecular weight excluding hydrogens is 215 g/mol. The average Bonchev–Trinajstić information content (AvgIpc) is 2.97. The molecule has 2 rings (SSSR count). The molecule has 1 saturated carbocycles. The monoisotopic (exact) mass is 229 g/mol. The molecule has 0 atom stereocenters. The predicted molar refractivity (Wildman–Crippen MR) is 56.2 cm³/mol. The van der Waals surface area contributed by atoms with Crippen LogP contribution in [0.25, 0.3) is 0 Å². The van der Waals surface area contributed by atoms with Gasteiger partial charge in [0.25, 0.3) is 0 Å². The third kappa shape index (κ3) is 1.82. The van der Waals surface area contributed by atoms with Gasteiger partial charge in [0.1, 0.15) is 0 Å². The molecule has 0 radical (unpaired) electrons. The molecule has 1 fully saturated rings. The highest BCUT2D eigenvalue weighted by atomic mass is 19.4. The summed E-state index contributed by atoms with van der Waals surface area (Å²) in [7, 11) is 1.79. The Hall–Kier alpha value is -1.03. The van der Waals surface area contributed by atoms with E-state index in [1.165, 1.54) is 13.0 Å². The molecule has 1 aromatic carbocycles. The first-order valence-electron chi connectivity index (χ1n) is 5.26. The predicted octanol–water partition coefficient (Wildman–Crippen LogP) is 3.22. The van der Waals surface area contributed by atoms with Crippen molar-refractivity contribution in [3.8, 4) is 0 Å². The molecule has 1 nitrogen and oxygen atoms in total. The van der Waals surface area contributed by atoms with Crippen molar-refractivity contribution >= 4 is 0 Å². The Morgan fingerprint density at radius 1 is 1.25 bits per heavy atom. The summed E-state index contributed by atoms with van der Waals surface area (Å²) in [5.41, 5.74) is 0.288. The van der Waals surface area contributed by atoms with E-state index in [9.17, 15) is 13.2 Å². The fourth-order valence-electron chi connectivity index (χ4n) is 2.03. The molecule has 0 bridgehead atoms. The lowest BCUT2D eigenvalue weighted by atomic mass is 9.98. The maximum atomic E-state index is 12.7. The van der Waals surface area contributed by atoms with Crippen LogP contribution in [-0.2, 0) is 11.7 Å². The van der Waals surface area contributed by atoms with Crippen LogP contribution in [0.1, 0.15) is 29.5 Å². The smallest absolute Gasteiger partial charge is 0.310 e. The summed E-state index contributed by atoms with van der Waals surface area (Å²) < 4.78 is 38.2. The quantitative estimate of drug-likeness (QED) is 0.821. The minimum absolute atomic E-state index is 0.215. The Kier molecular flexibility index (Phi) is 2.49. The van der Waals surface area contributed by atoms with E-state index in [0.717, 1.165) is 18.4 Å². The molecule has 88 valence electrons. The topological polar surface area (TPSA) is 12.0 Å². The van der Waals surface area contributed by atoms with E-state index >= 15 is 0 Å². The second-order valence-electron chi connectivity index (χ2n) is 4.36. The number of aryl methyl sites for hydroxylation is 1. The maximum Gasteiger partial charge on any atom is 0.416 e. The molecule has 1 aromatic rings. The normalized spacial score (nSPS) is 18.6. The van der Waals surface area contributed by atoms with Gasteiger partial charge in [-0.2, -0.15) is 13.2 Å². The molecule has 16 heavy (non-hydrogen) atoms. The van der Waals surface area contributed by atoms with Crippen molar-refractivity contribution < 1.29 is 13.2 Å². The van der Waals surface area contributed by atoms with E-state index in [1.54, 1.807) is 19.2 Å². The Labute approximate surface area is 92.7 Å². The van der Waals surface area contributed by atoms with Crippen LogP contribution in [0.2, 0.25) is 0 Å². The summed E-state index contributed by atoms with van der Waals surface area (Å²) in [6.07, 6.45) is -2.45. The highest BCUT2D eigenvalue weighted by Gasteiger charge is 2.44. The fourth-order valence-corrected chi connectivity index (χ4v) is 2.03. The van der Waals surface area contributed by atoms with Crippen LogP contribution in [0, 0.1) is 6.92 Å². The van der Waals surface area contributed by atoms with Crippen molar-refractivity contribution in [2.45, 2.75) is 31.5 Å². The van der Waals surface area contributed by atoms with Crippen LogP contribution in [0.15, 0.2) is 18.2 Å². The lowest BCUT2D eigenvalue weighted by molar-refractivity contribution is -0.138. The van der Waals surface area contributed by atoms with Crippen molar-refractivity contribution in [1.29, 1.82) is 0 Å². The largest absolute Gasteiger partial charge is 0.416 e. The zero-order valence-corrected chi connectivity index (χ0v) is 9.28. The second kappa shape index (κ2) is 3.48. The van der Waals surface area contributed by atoms with E-state index in [4.69, 9.17) is 0 Å². The highest BCUT2D eigenvalue weighted by Crippen LogP contribution is 2.46. The number of nitrogens with one attached hydrogen (secondary N) is 1. The molecule has 0 unspecified atom stereocenters. The number of hydrogen-bond donors (Lipinski definition) is 1. The summed E-state index contributed by atoms with van der Waals surface area (Å²) in [5.74, 6) is 0. The third-order valence-corrected chi connectivity index (χ3v) is 3.32. The van der Waals surface area contributed by atoms with E-state index in [2.05, 4.69) is 5.32 Å². The highest BCUT2D eigenvalue weighted by molar-refractivity contribution is 5.39. The van der Waals surface area contributed by atoms with E-state index in [0.29, 0.717) is 0 Å². The van der Waals surface area contributed by atoms with Crippen LogP contribution < -0.4 is 5.32 Å². The summed E-state index contributed by atoms with van der Waals surface area (Å²) in [4.78, 5) is 0. The van der Waals surface area contributed by atoms with Crippen LogP contribution in [0.4, 0.5) is 13.2 Å². The van der Waals surface area contributed by atoms with Gasteiger partial charge in [0.05, 0.1) is 5.56 Å². The first-order valence-corrected chi connectivity index (χ1v) is 5.26. The molecule has 0 saturated heterocycles. The van der Waals surface area contributed by atoms with Gasteiger partial charge in [0.2, 0.25) is 0 Å². The van der Waals surface area contributed by atoms with Gasteiger partial charge in [0.15, 0.2) is 0 Å². The van der Waals surface area contributed by atoms with E-state index < -0.39 is 11.7 Å². The second-order valence-corrected chi connectivity index (χ2v) is 4.36. The number of rotatable bonds is 2. The Bertz CT molecular complexity index is 405. The lowest BCUT2D eigenvalue weighted by Gasteiger charge is -2.18. The zero-order chi connectivity index (χ0) is 12.0. The number of alkyl halides is 3. The Morgan fingerprint density at radius 2 is 1.88 bits per heavy atom. The van der Waals surface area contributed by atoms with Gasteiger partial charge >= 0.3 is 6.18 Å². The molecular formula is C12H14F3N.